The molecule has 1 fully saturated rings. The number of ketones is 1. The van der Waals surface area contributed by atoms with E-state index in [4.69, 9.17) is 4.74 Å². The van der Waals surface area contributed by atoms with Crippen LogP contribution in [0.2, 0.25) is 0 Å². The van der Waals surface area contributed by atoms with E-state index >= 15 is 0 Å². The van der Waals surface area contributed by atoms with Crippen LogP contribution in [-0.4, -0.2) is 23.5 Å². The van der Waals surface area contributed by atoms with Crippen LogP contribution < -0.4 is 0 Å². The molecule has 1 aromatic carbocycles. The van der Waals surface area contributed by atoms with Gasteiger partial charge in [-0.25, -0.2) is 0 Å². The standard InChI is InChI=1S/C17H19NO2/c1-2-20-15-7-12(8-15)9-17(19)14-10-13-5-3-4-6-16(13)18-11-14/h3-6,10-12,15H,2,7-9H2,1H3. The zero-order chi connectivity index (χ0) is 13.9. The van der Waals surface area contributed by atoms with Crippen LogP contribution in [0.4, 0.5) is 0 Å². The second kappa shape index (κ2) is 5.71. The van der Waals surface area contributed by atoms with Crippen LogP contribution in [0.1, 0.15) is 36.5 Å². The summed E-state index contributed by atoms with van der Waals surface area (Å²) in [6.45, 7) is 2.78. The summed E-state index contributed by atoms with van der Waals surface area (Å²) in [6, 6.07) is 9.83. The van der Waals surface area contributed by atoms with Crippen molar-refractivity contribution in [1.82, 2.24) is 4.98 Å². The Bertz CT molecular complexity index is 617. The molecule has 1 heterocycles. The number of nitrogens with zero attached hydrogens (tertiary/aromatic N) is 1. The highest BCUT2D eigenvalue weighted by molar-refractivity contribution is 5.98. The third-order valence-corrected chi connectivity index (χ3v) is 3.98. The molecule has 0 spiro atoms. The first kappa shape index (κ1) is 13.3. The average molecular weight is 269 g/mol. The van der Waals surface area contributed by atoms with E-state index in [9.17, 15) is 4.79 Å². The van der Waals surface area contributed by atoms with E-state index in [0.29, 0.717) is 18.4 Å². The first-order valence-corrected chi connectivity index (χ1v) is 7.26. The van der Waals surface area contributed by atoms with Crippen LogP contribution in [0, 0.1) is 5.92 Å². The van der Waals surface area contributed by atoms with Crippen LogP contribution in [0.5, 0.6) is 0 Å². The molecular formula is C17H19NO2. The quantitative estimate of drug-likeness (QED) is 0.778. The Morgan fingerprint density at radius 1 is 1.35 bits per heavy atom. The van der Waals surface area contributed by atoms with E-state index in [1.807, 2.05) is 37.3 Å². The number of fused-ring (bicyclic) bond motifs is 1. The Labute approximate surface area is 119 Å². The number of rotatable bonds is 5. The fourth-order valence-electron chi connectivity index (χ4n) is 2.82. The summed E-state index contributed by atoms with van der Waals surface area (Å²) in [5.74, 6) is 0.675. The summed E-state index contributed by atoms with van der Waals surface area (Å²) >= 11 is 0. The summed E-state index contributed by atoms with van der Waals surface area (Å²) in [5.41, 5.74) is 1.66. The maximum Gasteiger partial charge on any atom is 0.164 e. The van der Waals surface area contributed by atoms with Crippen LogP contribution in [0.3, 0.4) is 0 Å². The van der Waals surface area contributed by atoms with Crippen LogP contribution >= 0.6 is 0 Å². The molecule has 3 heteroatoms. The fourth-order valence-corrected chi connectivity index (χ4v) is 2.82. The predicted octanol–water partition coefficient (Wildman–Crippen LogP) is 3.62. The number of Topliss-reactive ketones (excluding diaryl/α,β-unsaturated/α-hetero) is 1. The molecule has 1 aliphatic carbocycles. The van der Waals surface area contributed by atoms with Crippen LogP contribution in [-0.2, 0) is 4.74 Å². The van der Waals surface area contributed by atoms with E-state index in [0.717, 1.165) is 35.9 Å². The van der Waals surface area contributed by atoms with Gasteiger partial charge in [0.1, 0.15) is 0 Å². The van der Waals surface area contributed by atoms with Gasteiger partial charge >= 0.3 is 0 Å². The van der Waals surface area contributed by atoms with Gasteiger partial charge in [0.2, 0.25) is 0 Å². The number of hydrogen-bond acceptors (Lipinski definition) is 3. The number of carbonyl (C=O) groups is 1. The minimum absolute atomic E-state index is 0.197. The van der Waals surface area contributed by atoms with Gasteiger partial charge in [0.25, 0.3) is 0 Å². The van der Waals surface area contributed by atoms with E-state index in [1.54, 1.807) is 6.20 Å². The molecule has 1 saturated carbocycles. The van der Waals surface area contributed by atoms with Crippen molar-refractivity contribution >= 4 is 16.7 Å². The number of aromatic nitrogens is 1. The summed E-state index contributed by atoms with van der Waals surface area (Å²) in [5, 5.41) is 1.03. The van der Waals surface area contributed by atoms with Crippen molar-refractivity contribution in [2.75, 3.05) is 6.61 Å². The molecule has 0 N–H and O–H groups in total. The molecule has 0 bridgehead atoms. The summed E-state index contributed by atoms with van der Waals surface area (Å²) in [6.07, 6.45) is 4.71. The smallest absolute Gasteiger partial charge is 0.164 e. The second-order valence-corrected chi connectivity index (χ2v) is 5.46. The molecule has 1 aromatic heterocycles. The van der Waals surface area contributed by atoms with Crippen LogP contribution in [0.15, 0.2) is 36.5 Å². The highest BCUT2D eigenvalue weighted by Gasteiger charge is 2.31. The van der Waals surface area contributed by atoms with E-state index in [2.05, 4.69) is 4.98 Å². The largest absolute Gasteiger partial charge is 0.378 e. The van der Waals surface area contributed by atoms with Gasteiger partial charge in [-0.15, -0.1) is 0 Å². The molecule has 0 aliphatic heterocycles. The number of benzene rings is 1. The predicted molar refractivity (Wildman–Crippen MR) is 78.8 cm³/mol. The van der Waals surface area contributed by atoms with Gasteiger partial charge in [-0.1, -0.05) is 18.2 Å². The molecule has 104 valence electrons. The fraction of sp³-hybridized carbons (Fsp3) is 0.412. The Balaban J connectivity index is 1.64. The van der Waals surface area contributed by atoms with Crippen molar-refractivity contribution in [1.29, 1.82) is 0 Å². The number of carbonyl (C=O) groups excluding carboxylic acids is 1. The van der Waals surface area contributed by atoms with Gasteiger partial charge in [-0.3, -0.25) is 9.78 Å². The average Bonchev–Trinajstić information content (AvgIpc) is 2.44. The lowest BCUT2D eigenvalue weighted by atomic mass is 9.78. The maximum atomic E-state index is 12.3. The first-order valence-electron chi connectivity index (χ1n) is 7.26. The first-order chi connectivity index (χ1) is 9.76. The molecular weight excluding hydrogens is 250 g/mol. The van der Waals surface area contributed by atoms with Gasteiger partial charge < -0.3 is 4.74 Å². The normalized spacial score (nSPS) is 21.6. The lowest BCUT2D eigenvalue weighted by Crippen LogP contribution is -2.32. The summed E-state index contributed by atoms with van der Waals surface area (Å²) < 4.78 is 5.53. The lowest BCUT2D eigenvalue weighted by Gasteiger charge is -2.34. The summed E-state index contributed by atoms with van der Waals surface area (Å²) in [7, 11) is 0. The third kappa shape index (κ3) is 2.73. The molecule has 20 heavy (non-hydrogen) atoms. The van der Waals surface area contributed by atoms with Gasteiger partial charge in [-0.05, 0) is 37.8 Å². The second-order valence-electron chi connectivity index (χ2n) is 5.46. The molecule has 0 saturated heterocycles. The topological polar surface area (TPSA) is 39.2 Å². The Morgan fingerprint density at radius 3 is 2.95 bits per heavy atom. The van der Waals surface area contributed by atoms with E-state index in [-0.39, 0.29) is 5.78 Å². The highest BCUT2D eigenvalue weighted by Crippen LogP contribution is 2.33. The van der Waals surface area contributed by atoms with Gasteiger partial charge in [-0.2, -0.15) is 0 Å². The molecule has 3 nitrogen and oxygen atoms in total. The van der Waals surface area contributed by atoms with Gasteiger partial charge in [0, 0.05) is 30.2 Å². The number of para-hydroxylation sites is 1. The SMILES string of the molecule is CCOC1CC(CC(=O)c2cnc3ccccc3c2)C1. The molecule has 0 unspecified atom stereocenters. The molecule has 0 atom stereocenters. The Kier molecular flexibility index (Phi) is 3.79. The highest BCUT2D eigenvalue weighted by atomic mass is 16.5. The van der Waals surface area contributed by atoms with Crippen molar-refractivity contribution in [2.24, 2.45) is 5.92 Å². The van der Waals surface area contributed by atoms with Crippen molar-refractivity contribution in [2.45, 2.75) is 32.3 Å². The molecule has 1 aliphatic rings. The maximum absolute atomic E-state index is 12.3. The zero-order valence-corrected chi connectivity index (χ0v) is 11.7. The van der Waals surface area contributed by atoms with Crippen molar-refractivity contribution < 1.29 is 9.53 Å². The molecule has 0 radical (unpaired) electrons. The Hall–Kier alpha value is -1.74. The molecule has 2 aromatic rings. The number of ether oxygens (including phenoxy) is 1. The van der Waals surface area contributed by atoms with E-state index < -0.39 is 0 Å². The minimum Gasteiger partial charge on any atom is -0.378 e. The lowest BCUT2D eigenvalue weighted by molar-refractivity contribution is -0.0246. The third-order valence-electron chi connectivity index (χ3n) is 3.98. The summed E-state index contributed by atoms with van der Waals surface area (Å²) in [4.78, 5) is 16.6. The Morgan fingerprint density at radius 2 is 2.15 bits per heavy atom. The van der Waals surface area contributed by atoms with Gasteiger partial charge in [0.15, 0.2) is 5.78 Å². The monoisotopic (exact) mass is 269 g/mol. The number of pyridine rings is 1. The van der Waals surface area contributed by atoms with E-state index in [1.165, 1.54) is 0 Å². The van der Waals surface area contributed by atoms with Gasteiger partial charge in [0.05, 0.1) is 11.6 Å². The number of hydrogen-bond donors (Lipinski definition) is 0. The van der Waals surface area contributed by atoms with Crippen molar-refractivity contribution in [3.63, 3.8) is 0 Å². The zero-order valence-electron chi connectivity index (χ0n) is 11.7. The molecule has 0 amide bonds. The van der Waals surface area contributed by atoms with Crippen LogP contribution in [0.25, 0.3) is 10.9 Å². The van der Waals surface area contributed by atoms with Crippen molar-refractivity contribution in [3.8, 4) is 0 Å². The minimum atomic E-state index is 0.197. The molecule has 3 rings (SSSR count). The van der Waals surface area contributed by atoms with Crippen molar-refractivity contribution in [3.05, 3.63) is 42.1 Å².